The van der Waals surface area contributed by atoms with Crippen LogP contribution in [0.15, 0.2) is 64.4 Å². The van der Waals surface area contributed by atoms with Crippen molar-refractivity contribution in [1.29, 1.82) is 0 Å². The van der Waals surface area contributed by atoms with Crippen molar-refractivity contribution >= 4 is 27.6 Å². The fraction of sp³-hybridized carbons (Fsp3) is 0.227. The van der Waals surface area contributed by atoms with E-state index in [2.05, 4.69) is 22.4 Å². The third-order valence-corrected chi connectivity index (χ3v) is 4.94. The van der Waals surface area contributed by atoms with Gasteiger partial charge in [0, 0.05) is 11.9 Å². The molecule has 152 valence electrons. The molecule has 0 bridgehead atoms. The maximum atomic E-state index is 13.0. The molecule has 8 heteroatoms. The van der Waals surface area contributed by atoms with Gasteiger partial charge in [0.1, 0.15) is 6.33 Å². The molecule has 0 fully saturated rings. The van der Waals surface area contributed by atoms with E-state index in [-0.39, 0.29) is 11.3 Å². The number of aromatic nitrogens is 4. The van der Waals surface area contributed by atoms with Crippen LogP contribution in [0.1, 0.15) is 36.7 Å². The predicted molar refractivity (Wildman–Crippen MR) is 115 cm³/mol. The minimum atomic E-state index is -0.588. The number of fused-ring (bicyclic) bond motifs is 2. The van der Waals surface area contributed by atoms with Gasteiger partial charge in [0.15, 0.2) is 5.69 Å². The second-order valence-corrected chi connectivity index (χ2v) is 7.01. The van der Waals surface area contributed by atoms with Crippen molar-refractivity contribution in [2.24, 2.45) is 0 Å². The van der Waals surface area contributed by atoms with E-state index in [1.165, 1.54) is 11.0 Å². The van der Waals surface area contributed by atoms with E-state index in [0.717, 1.165) is 23.9 Å². The number of unbranched alkanes of at least 4 members (excludes halogenated alkanes) is 2. The van der Waals surface area contributed by atoms with Crippen LogP contribution >= 0.6 is 0 Å². The number of carbonyl (C=O) groups excluding carboxylic acids is 1. The van der Waals surface area contributed by atoms with Crippen molar-refractivity contribution < 1.29 is 4.79 Å². The number of carbonyl (C=O) groups is 1. The molecular formula is C22H21N5O3. The standard InChI is InChI=1S/C22H21N5O3/c1-2-3-8-13-26-21(29)16-10-5-4-9-15(16)19(24-26)20(28)25-27-14-23-18-12-7-6-11-17(18)22(27)30/h4-7,9-12,14H,2-3,8,13H2,1H3,(H,25,28). The summed E-state index contributed by atoms with van der Waals surface area (Å²) in [4.78, 5) is 42.7. The quantitative estimate of drug-likeness (QED) is 0.499. The minimum Gasteiger partial charge on any atom is -0.267 e. The highest BCUT2D eigenvalue weighted by Gasteiger charge is 2.17. The van der Waals surface area contributed by atoms with Crippen LogP contribution in [0.2, 0.25) is 0 Å². The Kier molecular flexibility index (Phi) is 5.38. The first-order valence-electron chi connectivity index (χ1n) is 9.87. The molecule has 0 unspecified atom stereocenters. The summed E-state index contributed by atoms with van der Waals surface area (Å²) in [5.41, 5.74) is 2.55. The molecule has 4 aromatic rings. The van der Waals surface area contributed by atoms with Crippen molar-refractivity contribution in [2.45, 2.75) is 32.7 Å². The Morgan fingerprint density at radius 2 is 1.63 bits per heavy atom. The van der Waals surface area contributed by atoms with E-state index in [1.807, 2.05) is 0 Å². The largest absolute Gasteiger partial charge is 0.291 e. The van der Waals surface area contributed by atoms with Crippen LogP contribution in [-0.2, 0) is 6.54 Å². The van der Waals surface area contributed by atoms with Crippen LogP contribution in [-0.4, -0.2) is 25.3 Å². The Morgan fingerprint density at radius 1 is 0.933 bits per heavy atom. The van der Waals surface area contributed by atoms with Crippen molar-refractivity contribution in [3.8, 4) is 0 Å². The van der Waals surface area contributed by atoms with Gasteiger partial charge in [0.2, 0.25) is 0 Å². The van der Waals surface area contributed by atoms with Crippen molar-refractivity contribution in [1.82, 2.24) is 19.4 Å². The zero-order valence-corrected chi connectivity index (χ0v) is 16.5. The number of amides is 1. The molecule has 1 amide bonds. The molecule has 0 aliphatic rings. The maximum Gasteiger partial charge on any atom is 0.291 e. The van der Waals surface area contributed by atoms with Crippen LogP contribution in [0, 0.1) is 0 Å². The van der Waals surface area contributed by atoms with Gasteiger partial charge in [-0.1, -0.05) is 50.1 Å². The molecule has 2 heterocycles. The van der Waals surface area contributed by atoms with Gasteiger partial charge < -0.3 is 0 Å². The fourth-order valence-corrected chi connectivity index (χ4v) is 3.38. The van der Waals surface area contributed by atoms with Crippen molar-refractivity contribution in [3.05, 3.63) is 81.3 Å². The summed E-state index contributed by atoms with van der Waals surface area (Å²) in [6.45, 7) is 2.50. The Balaban J connectivity index is 1.76. The van der Waals surface area contributed by atoms with Crippen LogP contribution in [0.25, 0.3) is 21.7 Å². The zero-order valence-electron chi connectivity index (χ0n) is 16.5. The third-order valence-electron chi connectivity index (χ3n) is 4.94. The summed E-state index contributed by atoms with van der Waals surface area (Å²) in [6, 6.07) is 13.7. The van der Waals surface area contributed by atoms with E-state index < -0.39 is 11.5 Å². The van der Waals surface area contributed by atoms with Gasteiger partial charge in [-0.15, -0.1) is 0 Å². The first-order valence-corrected chi connectivity index (χ1v) is 9.87. The highest BCUT2D eigenvalue weighted by molar-refractivity contribution is 6.08. The third kappa shape index (κ3) is 3.59. The summed E-state index contributed by atoms with van der Waals surface area (Å²) in [6.07, 6.45) is 4.02. The lowest BCUT2D eigenvalue weighted by Gasteiger charge is -2.12. The molecule has 0 atom stereocenters. The number of nitrogens with one attached hydrogen (secondary N) is 1. The molecule has 0 saturated heterocycles. The van der Waals surface area contributed by atoms with Gasteiger partial charge in [0.25, 0.3) is 17.0 Å². The molecular weight excluding hydrogens is 382 g/mol. The van der Waals surface area contributed by atoms with Gasteiger partial charge in [-0.3, -0.25) is 19.8 Å². The Bertz CT molecular complexity index is 1360. The first-order chi connectivity index (χ1) is 14.6. The van der Waals surface area contributed by atoms with Gasteiger partial charge in [-0.05, 0) is 24.6 Å². The van der Waals surface area contributed by atoms with E-state index >= 15 is 0 Å². The predicted octanol–water partition coefficient (Wildman–Crippen LogP) is 2.68. The smallest absolute Gasteiger partial charge is 0.267 e. The highest BCUT2D eigenvalue weighted by Crippen LogP contribution is 2.14. The summed E-state index contributed by atoms with van der Waals surface area (Å²) >= 11 is 0. The van der Waals surface area contributed by atoms with E-state index in [1.54, 1.807) is 48.5 Å². The number of nitrogens with zero attached hydrogens (tertiary/aromatic N) is 4. The molecule has 0 saturated carbocycles. The topological polar surface area (TPSA) is 98.9 Å². The molecule has 0 aliphatic carbocycles. The number of hydrogen-bond acceptors (Lipinski definition) is 5. The fourth-order valence-electron chi connectivity index (χ4n) is 3.38. The zero-order chi connectivity index (χ0) is 21.1. The van der Waals surface area contributed by atoms with E-state index in [0.29, 0.717) is 28.2 Å². The van der Waals surface area contributed by atoms with E-state index in [9.17, 15) is 14.4 Å². The normalized spacial score (nSPS) is 11.1. The second-order valence-electron chi connectivity index (χ2n) is 7.01. The van der Waals surface area contributed by atoms with Crippen LogP contribution < -0.4 is 16.5 Å². The molecule has 0 aliphatic heterocycles. The molecule has 0 radical (unpaired) electrons. The molecule has 2 aromatic carbocycles. The van der Waals surface area contributed by atoms with Crippen LogP contribution in [0.3, 0.4) is 0 Å². The summed E-state index contributed by atoms with van der Waals surface area (Å²) in [5, 5.41) is 5.56. The first kappa shape index (κ1) is 19.5. The molecule has 4 rings (SSSR count). The molecule has 30 heavy (non-hydrogen) atoms. The average Bonchev–Trinajstić information content (AvgIpc) is 2.77. The lowest BCUT2D eigenvalue weighted by Crippen LogP contribution is -2.35. The molecule has 1 N–H and O–H groups in total. The van der Waals surface area contributed by atoms with Gasteiger partial charge in [-0.25, -0.2) is 14.3 Å². The lowest BCUT2D eigenvalue weighted by atomic mass is 10.1. The average molecular weight is 403 g/mol. The van der Waals surface area contributed by atoms with Crippen LogP contribution in [0.4, 0.5) is 0 Å². The highest BCUT2D eigenvalue weighted by atomic mass is 16.2. The Morgan fingerprint density at radius 3 is 2.40 bits per heavy atom. The Hall–Kier alpha value is -3.81. The summed E-state index contributed by atoms with van der Waals surface area (Å²) in [5.74, 6) is -0.588. The monoisotopic (exact) mass is 403 g/mol. The molecule has 0 spiro atoms. The molecule has 2 aromatic heterocycles. The lowest BCUT2D eigenvalue weighted by molar-refractivity contribution is 0.100. The van der Waals surface area contributed by atoms with Crippen LogP contribution in [0.5, 0.6) is 0 Å². The SMILES string of the molecule is CCCCCn1nc(C(=O)Nn2cnc3ccccc3c2=O)c2ccccc2c1=O. The number of benzene rings is 2. The van der Waals surface area contributed by atoms with Gasteiger partial charge >= 0.3 is 0 Å². The van der Waals surface area contributed by atoms with Crippen molar-refractivity contribution in [3.63, 3.8) is 0 Å². The number of hydrogen-bond donors (Lipinski definition) is 1. The Labute approximate surface area is 171 Å². The number of rotatable bonds is 6. The number of para-hydroxylation sites is 1. The summed E-state index contributed by atoms with van der Waals surface area (Å²) in [7, 11) is 0. The summed E-state index contributed by atoms with van der Waals surface area (Å²) < 4.78 is 2.36. The molecule has 8 nitrogen and oxygen atoms in total. The van der Waals surface area contributed by atoms with E-state index in [4.69, 9.17) is 0 Å². The maximum absolute atomic E-state index is 13.0. The number of aryl methyl sites for hydroxylation is 1. The van der Waals surface area contributed by atoms with Crippen molar-refractivity contribution in [2.75, 3.05) is 5.43 Å². The van der Waals surface area contributed by atoms with Gasteiger partial charge in [0.05, 0.1) is 16.3 Å². The second kappa shape index (κ2) is 8.28. The minimum absolute atomic E-state index is 0.0850. The van der Waals surface area contributed by atoms with Gasteiger partial charge in [-0.2, -0.15) is 5.10 Å².